The molecule has 0 unspecified atom stereocenters. The molecular weight excluding hydrogens is 905 g/mol. The SMILES string of the molecule is CCCc1ccc(Cc2csc(N3CCN(S(=O)(=O)c4c(C)cc(C)cc4C)CC3)n2)cc1.CCOc1ccc(Cc2csc(N3CCN(S(=O)(=O)c4c(C)cc(C)cc4C)CC3)n2)cc1. The van der Waals surface area contributed by atoms with Crippen molar-refractivity contribution < 1.29 is 21.6 Å². The van der Waals surface area contributed by atoms with Gasteiger partial charge in [-0.2, -0.15) is 8.61 Å². The molecule has 66 heavy (non-hydrogen) atoms. The Kier molecular flexibility index (Phi) is 16.1. The fourth-order valence-corrected chi connectivity index (χ4v) is 14.5. The van der Waals surface area contributed by atoms with Crippen LogP contribution in [0.25, 0.3) is 0 Å². The molecule has 0 aliphatic carbocycles. The lowest BCUT2D eigenvalue weighted by Crippen LogP contribution is -2.48. The smallest absolute Gasteiger partial charge is 0.243 e. The van der Waals surface area contributed by atoms with Gasteiger partial charge in [-0.25, -0.2) is 26.8 Å². The number of benzene rings is 4. The van der Waals surface area contributed by atoms with E-state index >= 15 is 0 Å². The maximum Gasteiger partial charge on any atom is 0.243 e. The molecule has 0 spiro atoms. The number of nitrogens with zero attached hydrogens (tertiary/aromatic N) is 6. The van der Waals surface area contributed by atoms with Gasteiger partial charge in [0.2, 0.25) is 20.0 Å². The van der Waals surface area contributed by atoms with Crippen molar-refractivity contribution in [1.82, 2.24) is 18.6 Å². The van der Waals surface area contributed by atoms with Crippen LogP contribution in [-0.4, -0.2) is 94.4 Å². The Balaban J connectivity index is 0.000000196. The minimum atomic E-state index is -3.51. The van der Waals surface area contributed by atoms with Crippen molar-refractivity contribution in [3.05, 3.63) is 145 Å². The highest BCUT2D eigenvalue weighted by atomic mass is 32.2. The topological polar surface area (TPSA) is 116 Å². The van der Waals surface area contributed by atoms with Gasteiger partial charge in [0.25, 0.3) is 0 Å². The lowest BCUT2D eigenvalue weighted by atomic mass is 10.1. The van der Waals surface area contributed by atoms with Crippen LogP contribution in [0.15, 0.2) is 93.3 Å². The van der Waals surface area contributed by atoms with Crippen molar-refractivity contribution in [3.63, 3.8) is 0 Å². The van der Waals surface area contributed by atoms with E-state index < -0.39 is 20.0 Å². The first-order valence-corrected chi connectivity index (χ1v) is 27.5. The van der Waals surface area contributed by atoms with E-state index in [-0.39, 0.29) is 0 Å². The van der Waals surface area contributed by atoms with E-state index in [1.54, 1.807) is 31.3 Å². The van der Waals surface area contributed by atoms with E-state index in [2.05, 4.69) is 63.9 Å². The number of anilines is 2. The van der Waals surface area contributed by atoms with Gasteiger partial charge < -0.3 is 14.5 Å². The van der Waals surface area contributed by atoms with Crippen LogP contribution in [0.3, 0.4) is 0 Å². The van der Waals surface area contributed by atoms with Gasteiger partial charge in [-0.1, -0.05) is 85.1 Å². The van der Waals surface area contributed by atoms with Gasteiger partial charge >= 0.3 is 0 Å². The Morgan fingerprint density at radius 2 is 0.894 bits per heavy atom. The van der Waals surface area contributed by atoms with Crippen molar-refractivity contribution in [1.29, 1.82) is 0 Å². The summed E-state index contributed by atoms with van der Waals surface area (Å²) in [6.45, 7) is 20.8. The predicted octanol–water partition coefficient (Wildman–Crippen LogP) is 9.69. The Labute approximate surface area is 401 Å². The fourth-order valence-electron chi connectivity index (χ4n) is 9.09. The summed E-state index contributed by atoms with van der Waals surface area (Å²) in [5.74, 6) is 0.879. The molecule has 2 aromatic heterocycles. The number of ether oxygens (including phenoxy) is 1. The highest BCUT2D eigenvalue weighted by Crippen LogP contribution is 2.31. The number of rotatable bonds is 14. The van der Waals surface area contributed by atoms with E-state index in [4.69, 9.17) is 14.7 Å². The molecule has 0 bridgehead atoms. The summed E-state index contributed by atoms with van der Waals surface area (Å²) in [5.41, 5.74) is 11.4. The van der Waals surface area contributed by atoms with Crippen LogP contribution in [-0.2, 0) is 39.3 Å². The van der Waals surface area contributed by atoms with Crippen LogP contribution in [0.4, 0.5) is 10.3 Å². The molecular formula is C51H64N6O5S4. The zero-order valence-corrected chi connectivity index (χ0v) is 42.9. The Morgan fingerprint density at radius 3 is 1.26 bits per heavy atom. The molecule has 0 amide bonds. The average molecular weight is 969 g/mol. The van der Waals surface area contributed by atoms with Crippen LogP contribution in [0, 0.1) is 41.5 Å². The number of sulfonamides is 2. The lowest BCUT2D eigenvalue weighted by Gasteiger charge is -2.34. The monoisotopic (exact) mass is 968 g/mol. The second kappa shape index (κ2) is 21.5. The number of hydrogen-bond donors (Lipinski definition) is 0. The first kappa shape index (κ1) is 49.3. The molecule has 352 valence electrons. The number of piperazine rings is 2. The summed E-state index contributed by atoms with van der Waals surface area (Å²) in [5, 5.41) is 6.15. The maximum absolute atomic E-state index is 13.4. The third kappa shape index (κ3) is 11.7. The fraction of sp³-hybridized carbons (Fsp3) is 0.412. The van der Waals surface area contributed by atoms with Crippen molar-refractivity contribution >= 4 is 53.0 Å². The number of aryl methyl sites for hydroxylation is 7. The van der Waals surface area contributed by atoms with Crippen LogP contribution in [0.5, 0.6) is 5.75 Å². The van der Waals surface area contributed by atoms with Crippen LogP contribution in [0.1, 0.15) is 81.7 Å². The summed E-state index contributed by atoms with van der Waals surface area (Å²) in [7, 11) is -7.01. The molecule has 0 N–H and O–H groups in total. The molecule has 0 radical (unpaired) electrons. The lowest BCUT2D eigenvalue weighted by molar-refractivity contribution is 0.340. The molecule has 4 heterocycles. The van der Waals surface area contributed by atoms with E-state index in [1.165, 1.54) is 16.7 Å². The summed E-state index contributed by atoms with van der Waals surface area (Å²) in [6.07, 6.45) is 3.87. The second-order valence-corrected chi connectivity index (χ2v) is 22.9. The molecule has 2 fully saturated rings. The van der Waals surface area contributed by atoms with Gasteiger partial charge in [0.1, 0.15) is 5.75 Å². The summed E-state index contributed by atoms with van der Waals surface area (Å²) < 4.78 is 62.1. The van der Waals surface area contributed by atoms with Crippen LogP contribution >= 0.6 is 22.7 Å². The summed E-state index contributed by atoms with van der Waals surface area (Å²) in [4.78, 5) is 15.0. The molecule has 15 heteroatoms. The average Bonchev–Trinajstić information content (AvgIpc) is 3.95. The van der Waals surface area contributed by atoms with Crippen LogP contribution in [0.2, 0.25) is 0 Å². The standard InChI is InChI=1S/C26H33N3O2S2.C25H31N3O3S2/c1-5-6-22-7-9-23(10-8-22)17-24-18-32-26(27-24)28-11-13-29(14-12-28)33(30,31)25-20(3)15-19(2)16-21(25)4;1-5-31-23-8-6-21(7-9-23)16-22-17-32-25(26-22)27-10-12-28(13-11-27)33(29,30)24-19(3)14-18(2)15-20(24)4/h7-10,15-16,18H,5-6,11-14,17H2,1-4H3;6-9,14-15,17H,5,10-13,16H2,1-4H3. The van der Waals surface area contributed by atoms with E-state index in [0.29, 0.717) is 68.8 Å². The minimum Gasteiger partial charge on any atom is -0.494 e. The Bertz CT molecular complexity index is 2570. The van der Waals surface area contributed by atoms with Gasteiger partial charge in [0, 0.05) is 76.0 Å². The Hall–Kier alpha value is -4.64. The van der Waals surface area contributed by atoms with Gasteiger partial charge in [0.15, 0.2) is 10.3 Å². The van der Waals surface area contributed by atoms with Gasteiger partial charge in [-0.3, -0.25) is 0 Å². The van der Waals surface area contributed by atoms with Crippen LogP contribution < -0.4 is 14.5 Å². The molecule has 2 aliphatic rings. The van der Waals surface area contributed by atoms with E-state index in [0.717, 1.165) is 86.5 Å². The maximum atomic E-state index is 13.4. The molecule has 6 aromatic rings. The first-order valence-electron chi connectivity index (χ1n) is 22.9. The largest absolute Gasteiger partial charge is 0.494 e. The van der Waals surface area contributed by atoms with E-state index in [9.17, 15) is 16.8 Å². The first-order chi connectivity index (χ1) is 31.5. The highest BCUT2D eigenvalue weighted by Gasteiger charge is 2.33. The minimum absolute atomic E-state index is 0.452. The number of hydrogen-bond acceptors (Lipinski definition) is 11. The molecule has 8 rings (SSSR count). The highest BCUT2D eigenvalue weighted by molar-refractivity contribution is 7.89. The zero-order chi connectivity index (χ0) is 47.2. The van der Waals surface area contributed by atoms with Crippen molar-refractivity contribution in [2.24, 2.45) is 0 Å². The normalized spacial score (nSPS) is 15.2. The quantitative estimate of drug-likeness (QED) is 0.105. The summed E-state index contributed by atoms with van der Waals surface area (Å²) in [6, 6.07) is 24.7. The predicted molar refractivity (Wildman–Crippen MR) is 271 cm³/mol. The van der Waals surface area contributed by atoms with Crippen molar-refractivity contribution in [2.45, 2.75) is 90.9 Å². The zero-order valence-electron chi connectivity index (χ0n) is 39.6. The van der Waals surface area contributed by atoms with Gasteiger partial charge in [-0.05, 0) is 106 Å². The summed E-state index contributed by atoms with van der Waals surface area (Å²) >= 11 is 3.27. The van der Waals surface area contributed by atoms with E-state index in [1.807, 2.05) is 84.9 Å². The third-order valence-corrected chi connectivity index (χ3v) is 18.4. The molecule has 2 aliphatic heterocycles. The molecule has 4 aromatic carbocycles. The van der Waals surface area contributed by atoms with Crippen molar-refractivity contribution in [2.75, 3.05) is 68.8 Å². The molecule has 11 nitrogen and oxygen atoms in total. The van der Waals surface area contributed by atoms with Gasteiger partial charge in [-0.15, -0.1) is 22.7 Å². The number of aromatic nitrogens is 2. The Morgan fingerprint density at radius 1 is 0.530 bits per heavy atom. The van der Waals surface area contributed by atoms with Crippen molar-refractivity contribution in [3.8, 4) is 5.75 Å². The number of thiazole rings is 2. The van der Waals surface area contributed by atoms with Gasteiger partial charge in [0.05, 0.1) is 27.8 Å². The third-order valence-electron chi connectivity index (χ3n) is 12.1. The molecule has 0 atom stereocenters. The second-order valence-electron chi connectivity index (χ2n) is 17.5. The molecule has 2 saturated heterocycles. The molecule has 0 saturated carbocycles.